The first-order chi connectivity index (χ1) is 8.37. The van der Waals surface area contributed by atoms with Crippen molar-refractivity contribution in [3.63, 3.8) is 0 Å². The van der Waals surface area contributed by atoms with Crippen molar-refractivity contribution in [3.8, 4) is 0 Å². The van der Waals surface area contributed by atoms with Gasteiger partial charge >= 0.3 is 0 Å². The third-order valence-corrected chi connectivity index (χ3v) is 5.58. The van der Waals surface area contributed by atoms with Gasteiger partial charge in [-0.1, -0.05) is 36.0 Å². The summed E-state index contributed by atoms with van der Waals surface area (Å²) in [4.78, 5) is 0. The summed E-state index contributed by atoms with van der Waals surface area (Å²) in [6, 6.07) is 0. The molecule has 0 N–H and O–H groups in total. The summed E-state index contributed by atoms with van der Waals surface area (Å²) in [5, 5.41) is 0. The minimum Gasteiger partial charge on any atom is -0.211 e. The molecule has 1 rings (SSSR count). The van der Waals surface area contributed by atoms with E-state index in [0.717, 1.165) is 5.57 Å². The standard InChI is InChI=1S/C14H21NO2S/c1-5-11-15(12-6-2)18(16,17)14(4)9-7-13(3)8-10-14/h5-9H,1-2,10-12H2,3-4H3. The predicted octanol–water partition coefficient (Wildman–Crippen LogP) is 2.66. The molecular formula is C14H21NO2S. The molecule has 0 heterocycles. The van der Waals surface area contributed by atoms with Gasteiger partial charge < -0.3 is 0 Å². The third kappa shape index (κ3) is 2.82. The second-order valence-electron chi connectivity index (χ2n) is 4.70. The Balaban J connectivity index is 3.08. The van der Waals surface area contributed by atoms with Crippen LogP contribution in [0.5, 0.6) is 0 Å². The minimum atomic E-state index is -3.41. The lowest BCUT2D eigenvalue weighted by Gasteiger charge is -2.33. The molecule has 0 saturated carbocycles. The van der Waals surface area contributed by atoms with Gasteiger partial charge in [-0.2, -0.15) is 4.31 Å². The molecule has 0 bridgehead atoms. The zero-order valence-electron chi connectivity index (χ0n) is 11.1. The van der Waals surface area contributed by atoms with Gasteiger partial charge in [0.1, 0.15) is 4.75 Å². The summed E-state index contributed by atoms with van der Waals surface area (Å²) in [5.41, 5.74) is 1.10. The highest BCUT2D eigenvalue weighted by atomic mass is 32.2. The summed E-state index contributed by atoms with van der Waals surface area (Å²) in [6.07, 6.45) is 9.29. The van der Waals surface area contributed by atoms with Crippen molar-refractivity contribution in [1.29, 1.82) is 0 Å². The van der Waals surface area contributed by atoms with Crippen LogP contribution in [0.25, 0.3) is 0 Å². The molecule has 1 aliphatic carbocycles. The molecule has 0 saturated heterocycles. The largest absolute Gasteiger partial charge is 0.224 e. The molecule has 0 aromatic carbocycles. The van der Waals surface area contributed by atoms with E-state index in [1.54, 1.807) is 25.2 Å². The van der Waals surface area contributed by atoms with Crippen LogP contribution in [0, 0.1) is 0 Å². The van der Waals surface area contributed by atoms with E-state index in [1.165, 1.54) is 4.31 Å². The Labute approximate surface area is 110 Å². The van der Waals surface area contributed by atoms with E-state index in [0.29, 0.717) is 19.5 Å². The molecule has 0 amide bonds. The number of hydrogen-bond acceptors (Lipinski definition) is 2. The van der Waals surface area contributed by atoms with Gasteiger partial charge in [0.2, 0.25) is 10.0 Å². The normalized spacial score (nSPS) is 23.8. The minimum absolute atomic E-state index is 0.306. The first-order valence-electron chi connectivity index (χ1n) is 5.95. The molecule has 0 radical (unpaired) electrons. The Bertz CT molecular complexity index is 478. The van der Waals surface area contributed by atoms with E-state index in [1.807, 2.05) is 19.1 Å². The summed E-state index contributed by atoms with van der Waals surface area (Å²) < 4.78 is 25.8. The molecule has 4 heteroatoms. The molecule has 0 aromatic rings. The second-order valence-corrected chi connectivity index (χ2v) is 7.10. The van der Waals surface area contributed by atoms with E-state index in [9.17, 15) is 8.42 Å². The number of nitrogens with zero attached hydrogens (tertiary/aromatic N) is 1. The SMILES string of the molecule is C=CCN(CC=C)S(=O)(=O)C1(C)C=CC(C)=CC1. The molecule has 3 nitrogen and oxygen atoms in total. The van der Waals surface area contributed by atoms with Crippen molar-refractivity contribution < 1.29 is 8.42 Å². The van der Waals surface area contributed by atoms with E-state index in [-0.39, 0.29) is 0 Å². The maximum Gasteiger partial charge on any atom is 0.224 e. The monoisotopic (exact) mass is 267 g/mol. The lowest BCUT2D eigenvalue weighted by molar-refractivity contribution is 0.450. The van der Waals surface area contributed by atoms with Crippen LogP contribution in [0.2, 0.25) is 0 Å². The number of hydrogen-bond donors (Lipinski definition) is 0. The molecule has 100 valence electrons. The molecule has 0 spiro atoms. The maximum atomic E-state index is 12.6. The Morgan fingerprint density at radius 3 is 2.33 bits per heavy atom. The topological polar surface area (TPSA) is 37.4 Å². The molecule has 1 aliphatic rings. The quantitative estimate of drug-likeness (QED) is 0.694. The van der Waals surface area contributed by atoms with Gasteiger partial charge in [0, 0.05) is 13.1 Å². The van der Waals surface area contributed by atoms with Gasteiger partial charge in [-0.05, 0) is 20.3 Å². The van der Waals surface area contributed by atoms with Crippen LogP contribution in [-0.4, -0.2) is 30.6 Å². The molecule has 1 unspecified atom stereocenters. The van der Waals surface area contributed by atoms with Gasteiger partial charge in [-0.25, -0.2) is 8.42 Å². The smallest absolute Gasteiger partial charge is 0.211 e. The fourth-order valence-electron chi connectivity index (χ4n) is 1.85. The first-order valence-corrected chi connectivity index (χ1v) is 7.39. The summed E-state index contributed by atoms with van der Waals surface area (Å²) in [6.45, 7) is 11.5. The fourth-order valence-corrected chi connectivity index (χ4v) is 3.58. The zero-order chi connectivity index (χ0) is 13.8. The number of allylic oxidation sites excluding steroid dienone is 3. The van der Waals surface area contributed by atoms with E-state index < -0.39 is 14.8 Å². The van der Waals surface area contributed by atoms with Crippen molar-refractivity contribution in [2.45, 2.75) is 25.0 Å². The second kappa shape index (κ2) is 5.67. The molecule has 18 heavy (non-hydrogen) atoms. The summed E-state index contributed by atoms with van der Waals surface area (Å²) in [5.74, 6) is 0. The van der Waals surface area contributed by atoms with E-state index in [2.05, 4.69) is 13.2 Å². The third-order valence-electron chi connectivity index (χ3n) is 3.12. The average Bonchev–Trinajstić information content (AvgIpc) is 2.32. The van der Waals surface area contributed by atoms with Gasteiger partial charge in [-0.15, -0.1) is 13.2 Å². The lowest BCUT2D eigenvalue weighted by Crippen LogP contribution is -2.46. The number of sulfonamides is 1. The Morgan fingerprint density at radius 2 is 1.94 bits per heavy atom. The van der Waals surface area contributed by atoms with Gasteiger partial charge in [-0.3, -0.25) is 0 Å². The van der Waals surface area contributed by atoms with Crippen LogP contribution in [0.4, 0.5) is 0 Å². The highest BCUT2D eigenvalue weighted by Gasteiger charge is 2.40. The molecular weight excluding hydrogens is 246 g/mol. The predicted molar refractivity (Wildman–Crippen MR) is 76.8 cm³/mol. The van der Waals surface area contributed by atoms with Crippen molar-refractivity contribution in [1.82, 2.24) is 4.31 Å². The molecule has 0 aromatic heterocycles. The van der Waals surface area contributed by atoms with Crippen LogP contribution >= 0.6 is 0 Å². The van der Waals surface area contributed by atoms with Crippen molar-refractivity contribution >= 4 is 10.0 Å². The van der Waals surface area contributed by atoms with E-state index in [4.69, 9.17) is 0 Å². The van der Waals surface area contributed by atoms with Gasteiger partial charge in [0.05, 0.1) is 0 Å². The Kier molecular flexibility index (Phi) is 4.71. The van der Waals surface area contributed by atoms with Crippen LogP contribution < -0.4 is 0 Å². The Morgan fingerprint density at radius 1 is 1.39 bits per heavy atom. The van der Waals surface area contributed by atoms with Crippen molar-refractivity contribution in [2.24, 2.45) is 0 Å². The Hall–Kier alpha value is -1.13. The van der Waals surface area contributed by atoms with Crippen molar-refractivity contribution in [3.05, 3.63) is 49.1 Å². The fraction of sp³-hybridized carbons (Fsp3) is 0.429. The van der Waals surface area contributed by atoms with Crippen LogP contribution in [-0.2, 0) is 10.0 Å². The lowest BCUT2D eigenvalue weighted by atomic mass is 9.98. The van der Waals surface area contributed by atoms with Crippen LogP contribution in [0.15, 0.2) is 49.1 Å². The highest BCUT2D eigenvalue weighted by molar-refractivity contribution is 7.90. The van der Waals surface area contributed by atoms with Gasteiger partial charge in [0.25, 0.3) is 0 Å². The summed E-state index contributed by atoms with van der Waals surface area (Å²) in [7, 11) is -3.41. The highest BCUT2D eigenvalue weighted by Crippen LogP contribution is 2.31. The van der Waals surface area contributed by atoms with Crippen LogP contribution in [0.3, 0.4) is 0 Å². The van der Waals surface area contributed by atoms with Crippen LogP contribution in [0.1, 0.15) is 20.3 Å². The average molecular weight is 267 g/mol. The first kappa shape index (κ1) is 14.9. The molecule has 0 fully saturated rings. The van der Waals surface area contributed by atoms with Crippen molar-refractivity contribution in [2.75, 3.05) is 13.1 Å². The number of rotatable bonds is 6. The zero-order valence-corrected chi connectivity index (χ0v) is 11.9. The molecule has 0 aliphatic heterocycles. The van der Waals surface area contributed by atoms with Gasteiger partial charge in [0.15, 0.2) is 0 Å². The maximum absolute atomic E-state index is 12.6. The molecule has 1 atom stereocenters. The summed E-state index contributed by atoms with van der Waals surface area (Å²) >= 11 is 0. The van der Waals surface area contributed by atoms with E-state index >= 15 is 0 Å².